The maximum absolute atomic E-state index is 6.38. The molecule has 37 heavy (non-hydrogen) atoms. The lowest BCUT2D eigenvalue weighted by Gasteiger charge is -2.36. The average Bonchev–Trinajstić information content (AvgIpc) is 3.65. The van der Waals surface area contributed by atoms with E-state index < -0.39 is 0 Å². The predicted molar refractivity (Wildman–Crippen MR) is 144 cm³/mol. The van der Waals surface area contributed by atoms with Crippen LogP contribution in [0.4, 0.5) is 5.82 Å². The molecular weight excluding hydrogens is 462 g/mol. The van der Waals surface area contributed by atoms with E-state index >= 15 is 0 Å². The summed E-state index contributed by atoms with van der Waals surface area (Å²) in [6.45, 7) is 4.65. The van der Waals surface area contributed by atoms with Gasteiger partial charge in [0.15, 0.2) is 5.65 Å². The first-order valence-electron chi connectivity index (χ1n) is 13.5. The van der Waals surface area contributed by atoms with Crippen LogP contribution in [0.5, 0.6) is 11.5 Å². The SMILES string of the molecule is Nc1ncnc2c1c(-c1ccc(Oc3ccccc3)cc1)nn2C1CCN(C2C[C@H]3CNC[C@H]3C2)CC1. The van der Waals surface area contributed by atoms with E-state index in [0.717, 1.165) is 77.6 Å². The number of nitrogens with two attached hydrogens (primary N) is 1. The summed E-state index contributed by atoms with van der Waals surface area (Å²) in [5.41, 5.74) is 9.01. The highest BCUT2D eigenvalue weighted by molar-refractivity contribution is 5.98. The molecule has 190 valence electrons. The van der Waals surface area contributed by atoms with Crippen molar-refractivity contribution in [3.8, 4) is 22.8 Å². The van der Waals surface area contributed by atoms with Gasteiger partial charge in [0.25, 0.3) is 0 Å². The number of nitrogen functional groups attached to an aromatic ring is 1. The summed E-state index contributed by atoms with van der Waals surface area (Å²) >= 11 is 0. The van der Waals surface area contributed by atoms with Gasteiger partial charge in [-0.25, -0.2) is 14.6 Å². The summed E-state index contributed by atoms with van der Waals surface area (Å²) in [6.07, 6.45) is 6.41. The standard InChI is InChI=1S/C29H33N7O/c30-28-26-27(19-6-8-25(9-7-19)37-24-4-2-1-3-5-24)34-36(29(26)33-18-32-28)22-10-12-35(13-11-22)23-14-20-16-31-17-21(20)15-23/h1-9,18,20-23,31H,10-17H2,(H2,30,32,33)/t20-,21+,23?. The van der Waals surface area contributed by atoms with Crippen molar-refractivity contribution in [2.75, 3.05) is 31.9 Å². The van der Waals surface area contributed by atoms with Crippen molar-refractivity contribution >= 4 is 16.9 Å². The van der Waals surface area contributed by atoms with Crippen molar-refractivity contribution in [1.29, 1.82) is 0 Å². The zero-order chi connectivity index (χ0) is 24.8. The fraction of sp³-hybridized carbons (Fsp3) is 0.414. The van der Waals surface area contributed by atoms with E-state index in [1.165, 1.54) is 25.9 Å². The Balaban J connectivity index is 1.12. The smallest absolute Gasteiger partial charge is 0.164 e. The monoisotopic (exact) mass is 495 g/mol. The lowest BCUT2D eigenvalue weighted by molar-refractivity contribution is 0.129. The van der Waals surface area contributed by atoms with Crippen LogP contribution in [0.25, 0.3) is 22.3 Å². The van der Waals surface area contributed by atoms with Gasteiger partial charge in [-0.2, -0.15) is 5.10 Å². The zero-order valence-electron chi connectivity index (χ0n) is 21.0. The molecule has 3 atom stereocenters. The first-order valence-corrected chi connectivity index (χ1v) is 13.5. The number of ether oxygens (including phenoxy) is 1. The molecule has 2 aromatic carbocycles. The van der Waals surface area contributed by atoms with Crippen LogP contribution >= 0.6 is 0 Å². The van der Waals surface area contributed by atoms with Crippen molar-refractivity contribution < 1.29 is 4.74 Å². The van der Waals surface area contributed by atoms with Crippen LogP contribution in [0.3, 0.4) is 0 Å². The summed E-state index contributed by atoms with van der Waals surface area (Å²) in [4.78, 5) is 11.7. The highest BCUT2D eigenvalue weighted by Crippen LogP contribution is 2.40. The number of fused-ring (bicyclic) bond motifs is 2. The summed E-state index contributed by atoms with van der Waals surface area (Å²) in [5.74, 6) is 3.82. The number of likely N-dealkylation sites (tertiary alicyclic amines) is 1. The molecule has 0 amide bonds. The molecule has 0 bridgehead atoms. The Hall–Kier alpha value is -3.49. The molecule has 2 aromatic heterocycles. The van der Waals surface area contributed by atoms with Crippen LogP contribution in [0.1, 0.15) is 31.7 Å². The molecule has 3 fully saturated rings. The van der Waals surface area contributed by atoms with E-state index in [1.54, 1.807) is 6.33 Å². The molecule has 1 unspecified atom stereocenters. The van der Waals surface area contributed by atoms with E-state index in [-0.39, 0.29) is 0 Å². The highest BCUT2D eigenvalue weighted by atomic mass is 16.5. The van der Waals surface area contributed by atoms with E-state index in [1.807, 2.05) is 54.6 Å². The molecule has 0 spiro atoms. The Bertz CT molecular complexity index is 1370. The largest absolute Gasteiger partial charge is 0.457 e. The normalized spacial score (nSPS) is 24.5. The van der Waals surface area contributed by atoms with Crippen molar-refractivity contribution in [2.24, 2.45) is 11.8 Å². The Labute approximate surface area is 216 Å². The number of benzene rings is 2. The third kappa shape index (κ3) is 4.24. The van der Waals surface area contributed by atoms with Crippen LogP contribution in [-0.4, -0.2) is 56.9 Å². The van der Waals surface area contributed by atoms with E-state index in [0.29, 0.717) is 11.9 Å². The Morgan fingerprint density at radius 2 is 1.54 bits per heavy atom. The molecule has 4 aromatic rings. The third-order valence-corrected chi connectivity index (χ3v) is 8.62. The fourth-order valence-electron chi connectivity index (χ4n) is 6.69. The number of aromatic nitrogens is 4. The van der Waals surface area contributed by atoms with Gasteiger partial charge in [-0.05, 0) is 87.0 Å². The highest BCUT2D eigenvalue weighted by Gasteiger charge is 2.40. The minimum Gasteiger partial charge on any atom is -0.457 e. The maximum Gasteiger partial charge on any atom is 0.164 e. The van der Waals surface area contributed by atoms with Crippen LogP contribution in [0.2, 0.25) is 0 Å². The molecular formula is C29H33N7O. The minimum absolute atomic E-state index is 0.310. The molecule has 8 nitrogen and oxygen atoms in total. The molecule has 2 saturated heterocycles. The lowest BCUT2D eigenvalue weighted by atomic mass is 10.0. The van der Waals surface area contributed by atoms with Gasteiger partial charge in [0.05, 0.1) is 11.4 Å². The van der Waals surface area contributed by atoms with E-state index in [2.05, 4.69) is 24.9 Å². The molecule has 0 radical (unpaired) electrons. The van der Waals surface area contributed by atoms with Crippen molar-refractivity contribution in [2.45, 2.75) is 37.8 Å². The average molecular weight is 496 g/mol. The summed E-state index contributed by atoms with van der Waals surface area (Å²) in [7, 11) is 0. The number of anilines is 1. The van der Waals surface area contributed by atoms with Crippen LogP contribution < -0.4 is 15.8 Å². The topological polar surface area (TPSA) is 94.1 Å². The minimum atomic E-state index is 0.310. The van der Waals surface area contributed by atoms with Gasteiger partial charge in [0.1, 0.15) is 29.3 Å². The molecule has 1 saturated carbocycles. The molecule has 3 N–H and O–H groups in total. The predicted octanol–water partition coefficient (Wildman–Crippen LogP) is 4.50. The molecule has 8 heteroatoms. The van der Waals surface area contributed by atoms with Gasteiger partial charge < -0.3 is 20.7 Å². The number of piperidine rings is 1. The van der Waals surface area contributed by atoms with Crippen molar-refractivity contribution in [1.82, 2.24) is 30.0 Å². The second kappa shape index (κ2) is 9.43. The third-order valence-electron chi connectivity index (χ3n) is 8.62. The Morgan fingerprint density at radius 1 is 0.838 bits per heavy atom. The van der Waals surface area contributed by atoms with Crippen molar-refractivity contribution in [3.63, 3.8) is 0 Å². The second-order valence-corrected chi connectivity index (χ2v) is 10.8. The molecule has 2 aliphatic heterocycles. The number of hydrogen-bond donors (Lipinski definition) is 2. The van der Waals surface area contributed by atoms with Gasteiger partial charge in [-0.3, -0.25) is 0 Å². The molecule has 1 aliphatic carbocycles. The van der Waals surface area contributed by atoms with Gasteiger partial charge in [-0.1, -0.05) is 18.2 Å². The Kier molecular flexibility index (Phi) is 5.78. The second-order valence-electron chi connectivity index (χ2n) is 10.8. The first-order chi connectivity index (χ1) is 18.2. The quantitative estimate of drug-likeness (QED) is 0.421. The summed E-state index contributed by atoms with van der Waals surface area (Å²) in [6, 6.07) is 18.9. The molecule has 7 rings (SSSR count). The first kappa shape index (κ1) is 22.7. The number of rotatable bonds is 5. The Morgan fingerprint density at radius 3 is 2.27 bits per heavy atom. The maximum atomic E-state index is 6.38. The summed E-state index contributed by atoms with van der Waals surface area (Å²) in [5, 5.41) is 9.49. The summed E-state index contributed by atoms with van der Waals surface area (Å²) < 4.78 is 8.09. The number of nitrogens with zero attached hydrogens (tertiary/aromatic N) is 5. The van der Waals surface area contributed by atoms with Gasteiger partial charge >= 0.3 is 0 Å². The van der Waals surface area contributed by atoms with E-state index in [4.69, 9.17) is 15.6 Å². The lowest BCUT2D eigenvalue weighted by Crippen LogP contribution is -2.41. The van der Waals surface area contributed by atoms with Gasteiger partial charge in [-0.15, -0.1) is 0 Å². The van der Waals surface area contributed by atoms with Gasteiger partial charge in [0.2, 0.25) is 0 Å². The molecule has 4 heterocycles. The number of nitrogens with one attached hydrogen (secondary N) is 1. The van der Waals surface area contributed by atoms with Crippen LogP contribution in [-0.2, 0) is 0 Å². The van der Waals surface area contributed by atoms with E-state index in [9.17, 15) is 0 Å². The zero-order valence-corrected chi connectivity index (χ0v) is 21.0. The van der Waals surface area contributed by atoms with Gasteiger partial charge in [0, 0.05) is 24.7 Å². The van der Waals surface area contributed by atoms with Crippen LogP contribution in [0, 0.1) is 11.8 Å². The number of hydrogen-bond acceptors (Lipinski definition) is 7. The van der Waals surface area contributed by atoms with Crippen molar-refractivity contribution in [3.05, 3.63) is 60.9 Å². The fourth-order valence-corrected chi connectivity index (χ4v) is 6.69. The number of para-hydroxylation sites is 1. The molecule has 3 aliphatic rings. The van der Waals surface area contributed by atoms with Crippen LogP contribution in [0.15, 0.2) is 60.9 Å².